The first kappa shape index (κ1) is 34.2. The highest BCUT2D eigenvalue weighted by Crippen LogP contribution is 2.67. The van der Waals surface area contributed by atoms with Crippen molar-refractivity contribution in [1.29, 1.82) is 0 Å². The van der Waals surface area contributed by atoms with Gasteiger partial charge in [-0.2, -0.15) is 0 Å². The topological polar surface area (TPSA) is 177 Å². The summed E-state index contributed by atoms with van der Waals surface area (Å²) in [5.74, 6) is 1.35. The molecule has 0 spiro atoms. The second-order valence-electron chi connectivity index (χ2n) is 14.3. The summed E-state index contributed by atoms with van der Waals surface area (Å²) in [5, 5.41) is 28.1. The van der Waals surface area contributed by atoms with Crippen LogP contribution >= 0.6 is 0 Å². The lowest BCUT2D eigenvalue weighted by Gasteiger charge is -2.63. The van der Waals surface area contributed by atoms with Gasteiger partial charge in [0.05, 0.1) is 24.5 Å². The molecule has 2 amide bonds. The van der Waals surface area contributed by atoms with Crippen LogP contribution in [0.2, 0.25) is 0 Å². The number of aliphatic hydroxyl groups is 2. The monoisotopic (exact) mass is 579 g/mol. The molecule has 0 radical (unpaired) electrons. The van der Waals surface area contributed by atoms with E-state index in [1.165, 1.54) is 19.3 Å². The van der Waals surface area contributed by atoms with Crippen LogP contribution in [-0.2, 0) is 9.59 Å². The number of hydrogen-bond donors (Lipinski definition) is 7. The van der Waals surface area contributed by atoms with E-state index in [-0.39, 0.29) is 41.1 Å². The van der Waals surface area contributed by atoms with E-state index < -0.39 is 23.9 Å². The van der Waals surface area contributed by atoms with Gasteiger partial charge in [0.1, 0.15) is 6.04 Å². The third kappa shape index (κ3) is 7.28. The van der Waals surface area contributed by atoms with Crippen molar-refractivity contribution in [3.05, 3.63) is 0 Å². The molecule has 9 nitrogen and oxygen atoms in total. The van der Waals surface area contributed by atoms with Gasteiger partial charge < -0.3 is 38.0 Å². The van der Waals surface area contributed by atoms with E-state index in [1.807, 2.05) is 13.8 Å². The van der Waals surface area contributed by atoms with Crippen molar-refractivity contribution in [2.24, 2.45) is 57.6 Å². The van der Waals surface area contributed by atoms with Crippen LogP contribution in [0.1, 0.15) is 118 Å². The molecule has 0 aromatic heterocycles. The summed E-state index contributed by atoms with van der Waals surface area (Å²) < 4.78 is 0. The summed E-state index contributed by atoms with van der Waals surface area (Å²) in [6, 6.07) is -0.708. The Balaban J connectivity index is 0.00000226. The predicted molar refractivity (Wildman–Crippen MR) is 163 cm³/mol. The lowest BCUT2D eigenvalue weighted by Crippen LogP contribution is -2.63. The molecule has 0 heterocycles. The molecule has 4 fully saturated rings. The fraction of sp³-hybridized carbons (Fsp3) is 0.938. The van der Waals surface area contributed by atoms with Crippen LogP contribution in [0.15, 0.2) is 0 Å². The summed E-state index contributed by atoms with van der Waals surface area (Å²) in [6.45, 7) is 10.5. The Kier molecular flexibility index (Phi) is 11.7. The van der Waals surface area contributed by atoms with Crippen molar-refractivity contribution < 1.29 is 19.8 Å². The van der Waals surface area contributed by atoms with Crippen LogP contribution in [0.5, 0.6) is 0 Å². The molecular weight excluding hydrogens is 518 g/mol. The molecule has 10 N–H and O–H groups in total. The van der Waals surface area contributed by atoms with E-state index in [1.54, 1.807) is 6.92 Å². The van der Waals surface area contributed by atoms with Crippen LogP contribution in [0.4, 0.5) is 0 Å². The van der Waals surface area contributed by atoms with Crippen molar-refractivity contribution in [2.45, 2.75) is 142 Å². The SMILES string of the molecule is CC.CC(N)(N)CCC(NC(=O)CCCC1CCC2C3C(O)C(O)C4CCCCC4(C)C3CCC12C)C(=O)NCN. The van der Waals surface area contributed by atoms with Gasteiger partial charge in [0.25, 0.3) is 0 Å². The average molecular weight is 580 g/mol. The fourth-order valence-corrected chi connectivity index (χ4v) is 9.62. The van der Waals surface area contributed by atoms with Crippen molar-refractivity contribution >= 4 is 11.8 Å². The second-order valence-corrected chi connectivity index (χ2v) is 14.3. The average Bonchev–Trinajstić information content (AvgIpc) is 3.26. The molecule has 4 aliphatic rings. The summed E-state index contributed by atoms with van der Waals surface area (Å²) >= 11 is 0. The highest BCUT2D eigenvalue weighted by Gasteiger charge is 2.64. The number of hydrogen-bond acceptors (Lipinski definition) is 7. The summed E-state index contributed by atoms with van der Waals surface area (Å²) in [6.07, 6.45) is 10.7. The van der Waals surface area contributed by atoms with Crippen molar-refractivity contribution in [2.75, 3.05) is 6.67 Å². The molecule has 0 aliphatic heterocycles. The molecule has 4 saturated carbocycles. The van der Waals surface area contributed by atoms with Gasteiger partial charge in [-0.3, -0.25) is 9.59 Å². The van der Waals surface area contributed by atoms with Gasteiger partial charge in [0, 0.05) is 6.42 Å². The zero-order valence-corrected chi connectivity index (χ0v) is 26.5. The number of rotatable bonds is 10. The predicted octanol–water partition coefficient (Wildman–Crippen LogP) is 3.10. The van der Waals surface area contributed by atoms with Gasteiger partial charge >= 0.3 is 0 Å². The first-order chi connectivity index (χ1) is 19.3. The Hall–Kier alpha value is -1.26. The molecular formula is C32H61N5O4. The number of carbonyl (C=O) groups is 2. The Bertz CT molecular complexity index is 881. The van der Waals surface area contributed by atoms with Crippen LogP contribution in [0.25, 0.3) is 0 Å². The third-order valence-electron chi connectivity index (χ3n) is 11.7. The lowest BCUT2D eigenvalue weighted by molar-refractivity contribution is -0.214. The molecule has 10 atom stereocenters. The molecule has 0 bridgehead atoms. The second kappa shape index (κ2) is 14.0. The molecule has 4 aliphatic carbocycles. The minimum Gasteiger partial charge on any atom is -0.390 e. The number of amides is 2. The van der Waals surface area contributed by atoms with Crippen molar-refractivity contribution in [1.82, 2.24) is 10.6 Å². The zero-order valence-electron chi connectivity index (χ0n) is 26.5. The summed E-state index contributed by atoms with van der Waals surface area (Å²) in [4.78, 5) is 25.2. The van der Waals surface area contributed by atoms with E-state index in [4.69, 9.17) is 17.2 Å². The Labute approximate surface area is 248 Å². The number of nitrogens with two attached hydrogens (primary N) is 3. The molecule has 0 aromatic rings. The lowest BCUT2D eigenvalue weighted by atomic mass is 9.43. The van der Waals surface area contributed by atoms with E-state index in [2.05, 4.69) is 24.5 Å². The molecule has 9 heteroatoms. The van der Waals surface area contributed by atoms with E-state index in [0.717, 1.165) is 44.9 Å². The highest BCUT2D eigenvalue weighted by atomic mass is 16.3. The van der Waals surface area contributed by atoms with Crippen LogP contribution in [-0.4, -0.2) is 52.6 Å². The minimum absolute atomic E-state index is 0.00251. The quantitative estimate of drug-likeness (QED) is 0.194. The molecule has 10 unspecified atom stereocenters. The maximum absolute atomic E-state index is 12.8. The van der Waals surface area contributed by atoms with Crippen LogP contribution in [0, 0.1) is 40.4 Å². The molecule has 0 aromatic carbocycles. The highest BCUT2D eigenvalue weighted by molar-refractivity contribution is 5.87. The van der Waals surface area contributed by atoms with Gasteiger partial charge in [-0.25, -0.2) is 0 Å². The third-order valence-corrected chi connectivity index (χ3v) is 11.7. The largest absolute Gasteiger partial charge is 0.390 e. The number of carbonyl (C=O) groups excluding carboxylic acids is 2. The van der Waals surface area contributed by atoms with Gasteiger partial charge in [0.15, 0.2) is 0 Å². The fourth-order valence-electron chi connectivity index (χ4n) is 9.62. The Morgan fingerprint density at radius 3 is 2.29 bits per heavy atom. The maximum atomic E-state index is 12.8. The zero-order chi connectivity index (χ0) is 30.6. The van der Waals surface area contributed by atoms with Crippen LogP contribution in [0.3, 0.4) is 0 Å². The molecule has 4 rings (SSSR count). The number of nitrogens with one attached hydrogen (secondary N) is 2. The smallest absolute Gasteiger partial charge is 0.243 e. The van der Waals surface area contributed by atoms with E-state index in [0.29, 0.717) is 37.0 Å². The normalized spacial score (nSPS) is 38.8. The van der Waals surface area contributed by atoms with Gasteiger partial charge in [-0.05, 0) is 112 Å². The van der Waals surface area contributed by atoms with Crippen molar-refractivity contribution in [3.8, 4) is 0 Å². The van der Waals surface area contributed by atoms with E-state index in [9.17, 15) is 19.8 Å². The van der Waals surface area contributed by atoms with Crippen LogP contribution < -0.4 is 27.8 Å². The van der Waals surface area contributed by atoms with E-state index >= 15 is 0 Å². The van der Waals surface area contributed by atoms with Crippen molar-refractivity contribution in [3.63, 3.8) is 0 Å². The first-order valence-corrected chi connectivity index (χ1v) is 16.5. The molecule has 0 saturated heterocycles. The Morgan fingerprint density at radius 2 is 1.63 bits per heavy atom. The van der Waals surface area contributed by atoms with Gasteiger partial charge in [-0.15, -0.1) is 0 Å². The Morgan fingerprint density at radius 1 is 0.951 bits per heavy atom. The minimum atomic E-state index is -0.920. The first-order valence-electron chi connectivity index (χ1n) is 16.5. The maximum Gasteiger partial charge on any atom is 0.243 e. The number of aliphatic hydroxyl groups excluding tert-OH is 2. The molecule has 41 heavy (non-hydrogen) atoms. The summed E-state index contributed by atoms with van der Waals surface area (Å²) in [7, 11) is 0. The van der Waals surface area contributed by atoms with Gasteiger partial charge in [-0.1, -0.05) is 40.5 Å². The summed E-state index contributed by atoms with van der Waals surface area (Å²) in [5.41, 5.74) is 16.6. The molecule has 238 valence electrons. The van der Waals surface area contributed by atoms with Gasteiger partial charge in [0.2, 0.25) is 11.8 Å². The number of fused-ring (bicyclic) bond motifs is 5. The standard InChI is InChI=1S/C30H55N5O4.C2H6/c1-28-15-12-20-24(26(38)25(37)21-8-4-5-14-29(20,21)2)19(28)11-10-18(28)7-6-9-23(36)35-22(27(39)34-17-31)13-16-30(3,32)33;1-2/h18-22,24-26,37-38H,4-17,31-33H2,1-3H3,(H,34,39)(H,35,36);1-2H3.